The van der Waals surface area contributed by atoms with Gasteiger partial charge in [-0.2, -0.15) is 22.0 Å². The fourth-order valence-electron chi connectivity index (χ4n) is 6.28. The van der Waals surface area contributed by atoms with Crippen molar-refractivity contribution >= 4 is 28.2 Å². The van der Waals surface area contributed by atoms with Crippen LogP contribution < -0.4 is 16.4 Å². The summed E-state index contributed by atoms with van der Waals surface area (Å²) in [6.07, 6.45) is 0.834. The van der Waals surface area contributed by atoms with Crippen molar-refractivity contribution in [2.75, 3.05) is 6.54 Å². The summed E-state index contributed by atoms with van der Waals surface area (Å²) in [4.78, 5) is 20.8. The van der Waals surface area contributed by atoms with Crippen LogP contribution in [0.5, 0.6) is 0 Å². The van der Waals surface area contributed by atoms with E-state index in [1.807, 2.05) is 0 Å². The predicted molar refractivity (Wildman–Crippen MR) is 176 cm³/mol. The van der Waals surface area contributed by atoms with Crippen LogP contribution in [0, 0.1) is 46.6 Å². The number of fused-ring (bicyclic) bond motifs is 2. The molecule has 15 heteroatoms. The number of aromatic amines is 1. The summed E-state index contributed by atoms with van der Waals surface area (Å²) in [5.41, 5.74) is 3.01. The van der Waals surface area contributed by atoms with Crippen LogP contribution in [-0.2, 0) is 11.2 Å². The fourth-order valence-corrected chi connectivity index (χ4v) is 6.28. The molecular weight excluding hydrogens is 681 g/mol. The van der Waals surface area contributed by atoms with Gasteiger partial charge in [0.05, 0.1) is 5.70 Å². The van der Waals surface area contributed by atoms with E-state index in [1.54, 1.807) is 37.5 Å². The number of quaternary nitrogens is 1. The molecule has 5 rings (SSSR count). The molecule has 0 spiro atoms. The smallest absolute Gasteiger partial charge is 0.392 e. The minimum absolute atomic E-state index is 0.0731. The summed E-state index contributed by atoms with van der Waals surface area (Å²) in [5.74, 6) is -4.18. The summed E-state index contributed by atoms with van der Waals surface area (Å²) in [7, 11) is 0. The third-order valence-electron chi connectivity index (χ3n) is 8.83. The van der Waals surface area contributed by atoms with Gasteiger partial charge in [0.1, 0.15) is 28.6 Å². The number of alkyl halides is 5. The number of allylic oxidation sites excluding steroid dienone is 5. The minimum atomic E-state index is -5.15. The van der Waals surface area contributed by atoms with Crippen LogP contribution in [0.4, 0.5) is 30.7 Å². The molecule has 8 N–H and O–H groups in total. The van der Waals surface area contributed by atoms with Crippen molar-refractivity contribution in [3.05, 3.63) is 94.6 Å². The lowest BCUT2D eigenvalue weighted by Crippen LogP contribution is -2.87. The number of amides is 1. The maximum atomic E-state index is 15.1. The van der Waals surface area contributed by atoms with E-state index in [4.69, 9.17) is 11.1 Å². The zero-order valence-electron chi connectivity index (χ0n) is 27.7. The molecule has 0 radical (unpaired) electrons. The topological polar surface area (TPSA) is 144 Å². The molecule has 2 aliphatic carbocycles. The van der Waals surface area contributed by atoms with E-state index in [1.165, 1.54) is 19.9 Å². The Hall–Kier alpha value is -4.94. The highest BCUT2D eigenvalue weighted by Gasteiger charge is 2.69. The standard InChI is InChI=1S/C36H35F7N6O2/c1-18(25(5-4-24(44)6-8-34(2,3)51)21-13-20-7-9-46-33(20)48-16-21)28(12-19-10-22(37)14-23(38)11-19)49-29(50)17-47-32-30(31(45)36(41,42)43)26-15-27(26)35(32,39)40/h4-5,7,9-11,13-14,16,18,26-28,45,47,51H,12,15,17,44H2,1-3H3,(H,46,48)(H,49,50)/p+1. The summed E-state index contributed by atoms with van der Waals surface area (Å²) < 4.78 is 99.0. The SMILES string of the molecule is CC(C(=CC=C(N)C#CC(C)(C)O)c1cnc2[nH]ccc2c1)C(Cc1cc(F)cc(F)c1)NC(=O)C[NH2+]C1=C(C(=N)C(F)(F)F)C2CC2C1(F)F. The van der Waals surface area contributed by atoms with Crippen LogP contribution in [0.15, 0.2) is 71.8 Å². The number of nitrogens with two attached hydrogens (primary N) is 2. The highest BCUT2D eigenvalue weighted by atomic mass is 19.4. The van der Waals surface area contributed by atoms with Crippen molar-refractivity contribution in [1.82, 2.24) is 15.3 Å². The lowest BCUT2D eigenvalue weighted by atomic mass is 9.85. The zero-order valence-corrected chi connectivity index (χ0v) is 27.7. The van der Waals surface area contributed by atoms with Gasteiger partial charge in [0, 0.05) is 53.2 Å². The Labute approximate surface area is 288 Å². The Morgan fingerprint density at radius 3 is 2.55 bits per heavy atom. The second-order valence-electron chi connectivity index (χ2n) is 13.3. The van der Waals surface area contributed by atoms with Gasteiger partial charge in [-0.1, -0.05) is 18.9 Å². The zero-order chi connectivity index (χ0) is 37.5. The molecule has 1 aromatic carbocycles. The quantitative estimate of drug-likeness (QED) is 0.0727. The molecule has 1 fully saturated rings. The first-order valence-electron chi connectivity index (χ1n) is 16.0. The van der Waals surface area contributed by atoms with Crippen molar-refractivity contribution in [1.29, 1.82) is 5.41 Å². The second kappa shape index (κ2) is 14.0. The van der Waals surface area contributed by atoms with E-state index in [9.17, 15) is 31.9 Å². The number of H-pyrrole nitrogens is 1. The lowest BCUT2D eigenvalue weighted by Gasteiger charge is -2.28. The van der Waals surface area contributed by atoms with Crippen molar-refractivity contribution in [2.45, 2.75) is 57.4 Å². The van der Waals surface area contributed by atoms with E-state index < -0.39 is 82.6 Å². The Kier molecular flexibility index (Phi) is 10.2. The molecule has 0 saturated heterocycles. The molecular formula is C36H36F7N6O2+. The van der Waals surface area contributed by atoms with Gasteiger partial charge >= 0.3 is 12.1 Å². The van der Waals surface area contributed by atoms with Crippen LogP contribution in [0.1, 0.15) is 38.3 Å². The third-order valence-corrected chi connectivity index (χ3v) is 8.83. The summed E-state index contributed by atoms with van der Waals surface area (Å²) in [6, 6.07) is 5.45. The fraction of sp³-hybridized carbons (Fsp3) is 0.361. The number of hydrogen-bond acceptors (Lipinski definition) is 5. The molecule has 4 atom stereocenters. The van der Waals surface area contributed by atoms with Gasteiger partial charge in [0.15, 0.2) is 12.2 Å². The van der Waals surface area contributed by atoms with Gasteiger partial charge in [0.2, 0.25) is 0 Å². The number of hydrogen-bond donors (Lipinski definition) is 6. The molecule has 8 nitrogen and oxygen atoms in total. The minimum Gasteiger partial charge on any atom is -0.392 e. The van der Waals surface area contributed by atoms with E-state index >= 15 is 8.78 Å². The van der Waals surface area contributed by atoms with Crippen LogP contribution in [0.2, 0.25) is 0 Å². The normalized spacial score (nSPS) is 20.1. The average molecular weight is 718 g/mol. The summed E-state index contributed by atoms with van der Waals surface area (Å²) in [6.45, 7) is 3.90. The maximum absolute atomic E-state index is 15.1. The Balaban J connectivity index is 1.49. The largest absolute Gasteiger partial charge is 0.433 e. The van der Waals surface area contributed by atoms with Crippen molar-refractivity contribution in [3.63, 3.8) is 0 Å². The molecule has 2 aliphatic rings. The van der Waals surface area contributed by atoms with Gasteiger partial charge in [-0.05, 0) is 79.7 Å². The second-order valence-corrected chi connectivity index (χ2v) is 13.3. The number of carbonyl (C=O) groups is 1. The maximum Gasteiger partial charge on any atom is 0.433 e. The predicted octanol–water partition coefficient (Wildman–Crippen LogP) is 4.89. The number of benzene rings is 1. The summed E-state index contributed by atoms with van der Waals surface area (Å²) >= 11 is 0. The first-order chi connectivity index (χ1) is 23.7. The Morgan fingerprint density at radius 1 is 1.22 bits per heavy atom. The number of aromatic nitrogens is 2. The molecule has 1 saturated carbocycles. The van der Waals surface area contributed by atoms with Gasteiger partial charge in [-0.3, -0.25) is 10.2 Å². The number of halogens is 7. The number of nitrogens with zero attached hydrogens (tertiary/aromatic N) is 1. The first-order valence-corrected chi connectivity index (χ1v) is 16.0. The van der Waals surface area contributed by atoms with Crippen molar-refractivity contribution < 1.29 is 46.0 Å². The highest BCUT2D eigenvalue weighted by molar-refractivity contribution is 6.04. The van der Waals surface area contributed by atoms with E-state index in [0.717, 1.165) is 22.8 Å². The molecule has 2 aromatic heterocycles. The molecule has 4 unspecified atom stereocenters. The molecule has 1 amide bonds. The van der Waals surface area contributed by atoms with Crippen molar-refractivity contribution in [2.24, 2.45) is 23.5 Å². The Morgan fingerprint density at radius 2 is 1.90 bits per heavy atom. The number of nitrogens with one attached hydrogen (secondary N) is 3. The van der Waals surface area contributed by atoms with Gasteiger partial charge in [0.25, 0.3) is 5.91 Å². The highest BCUT2D eigenvalue weighted by Crippen LogP contribution is 2.62. The van der Waals surface area contributed by atoms with Crippen LogP contribution in [0.25, 0.3) is 16.6 Å². The molecule has 0 bridgehead atoms. The molecule has 270 valence electrons. The molecule has 51 heavy (non-hydrogen) atoms. The average Bonchev–Trinajstić information content (AvgIpc) is 3.62. The van der Waals surface area contributed by atoms with E-state index in [2.05, 4.69) is 27.1 Å². The molecule has 0 aliphatic heterocycles. The number of rotatable bonds is 11. The van der Waals surface area contributed by atoms with E-state index in [-0.39, 0.29) is 24.1 Å². The number of carbonyl (C=O) groups excluding carboxylic acids is 1. The van der Waals surface area contributed by atoms with Gasteiger partial charge in [-0.25, -0.2) is 13.8 Å². The van der Waals surface area contributed by atoms with Crippen LogP contribution in [0.3, 0.4) is 0 Å². The number of aliphatic hydroxyl groups is 1. The lowest BCUT2D eigenvalue weighted by molar-refractivity contribution is -0.609. The van der Waals surface area contributed by atoms with Crippen LogP contribution >= 0.6 is 0 Å². The van der Waals surface area contributed by atoms with Crippen molar-refractivity contribution in [3.8, 4) is 11.8 Å². The summed E-state index contributed by atoms with van der Waals surface area (Å²) in [5, 5.41) is 21.7. The molecule has 3 aromatic rings. The third kappa shape index (κ3) is 8.69. The van der Waals surface area contributed by atoms with Gasteiger partial charge < -0.3 is 26.5 Å². The van der Waals surface area contributed by atoms with Gasteiger partial charge in [-0.15, -0.1) is 0 Å². The van der Waals surface area contributed by atoms with E-state index in [0.29, 0.717) is 22.9 Å². The first kappa shape index (κ1) is 37.3. The van der Waals surface area contributed by atoms with Crippen LogP contribution in [-0.4, -0.2) is 57.0 Å². The molecule has 2 heterocycles. The number of pyridine rings is 1. The monoisotopic (exact) mass is 717 g/mol. The Bertz CT molecular complexity index is 1990.